The molecule has 1 fully saturated rings. The Hall–Kier alpha value is -1.67. The van der Waals surface area contributed by atoms with Crippen molar-refractivity contribution >= 4 is 21.4 Å². The van der Waals surface area contributed by atoms with Gasteiger partial charge in [0.1, 0.15) is 5.69 Å². The van der Waals surface area contributed by atoms with Gasteiger partial charge < -0.3 is 5.73 Å². The van der Waals surface area contributed by atoms with Gasteiger partial charge in [-0.3, -0.25) is 10.1 Å². The Balaban J connectivity index is 2.30. The molecular weight excluding hydrogens is 282 g/mol. The second-order valence-electron chi connectivity index (χ2n) is 5.26. The Kier molecular flexibility index (Phi) is 3.70. The monoisotopic (exact) mass is 299 g/mol. The number of benzene rings is 1. The Bertz CT molecular complexity index is 657. The molecule has 0 aliphatic heterocycles. The zero-order chi connectivity index (χ0) is 15.1. The van der Waals surface area contributed by atoms with E-state index in [-0.39, 0.29) is 10.6 Å². The van der Waals surface area contributed by atoms with Crippen LogP contribution in [0.15, 0.2) is 17.0 Å². The van der Waals surface area contributed by atoms with Crippen molar-refractivity contribution in [1.82, 2.24) is 4.72 Å². The number of aryl methyl sites for hydroxylation is 1. The fourth-order valence-corrected chi connectivity index (χ4v) is 3.46. The van der Waals surface area contributed by atoms with E-state index in [9.17, 15) is 18.5 Å². The first-order valence-electron chi connectivity index (χ1n) is 6.26. The lowest BCUT2D eigenvalue weighted by atomic mass is 10.2. The summed E-state index contributed by atoms with van der Waals surface area (Å²) < 4.78 is 26.9. The van der Waals surface area contributed by atoms with Crippen LogP contribution in [0, 0.1) is 28.9 Å². The summed E-state index contributed by atoms with van der Waals surface area (Å²) in [7, 11) is -3.75. The van der Waals surface area contributed by atoms with Crippen LogP contribution in [-0.4, -0.2) is 19.9 Å². The highest BCUT2D eigenvalue weighted by atomic mass is 32.2. The molecule has 3 N–H and O–H groups in total. The van der Waals surface area contributed by atoms with Crippen molar-refractivity contribution in [3.8, 4) is 0 Å². The molecule has 1 aromatic rings. The summed E-state index contributed by atoms with van der Waals surface area (Å²) in [4.78, 5) is 10.1. The van der Waals surface area contributed by atoms with E-state index in [0.717, 1.165) is 12.5 Å². The van der Waals surface area contributed by atoms with Gasteiger partial charge in [-0.2, -0.15) is 0 Å². The Morgan fingerprint density at radius 2 is 2.10 bits per heavy atom. The quantitative estimate of drug-likeness (QED) is 0.484. The fraction of sp³-hybridized carbons (Fsp3) is 0.500. The van der Waals surface area contributed by atoms with Crippen LogP contribution in [-0.2, 0) is 10.0 Å². The predicted molar refractivity (Wildman–Crippen MR) is 74.7 cm³/mol. The largest absolute Gasteiger partial charge is 0.393 e. The number of anilines is 1. The van der Waals surface area contributed by atoms with E-state index in [4.69, 9.17) is 5.73 Å². The van der Waals surface area contributed by atoms with Gasteiger partial charge in [0.05, 0.1) is 9.82 Å². The number of sulfonamides is 1. The van der Waals surface area contributed by atoms with E-state index in [2.05, 4.69) is 11.6 Å². The van der Waals surface area contributed by atoms with Crippen LogP contribution in [0.4, 0.5) is 11.4 Å². The maximum absolute atomic E-state index is 12.2. The van der Waals surface area contributed by atoms with Crippen LogP contribution < -0.4 is 10.5 Å². The number of nitrogens with zero attached hydrogens (tertiary/aromatic N) is 1. The second kappa shape index (κ2) is 5.02. The average Bonchev–Trinajstić information content (AvgIpc) is 3.02. The maximum Gasteiger partial charge on any atom is 0.293 e. The van der Waals surface area contributed by atoms with Crippen LogP contribution in [0.5, 0.6) is 0 Å². The normalized spacial score (nSPS) is 21.7. The van der Waals surface area contributed by atoms with Gasteiger partial charge in [-0.15, -0.1) is 0 Å². The van der Waals surface area contributed by atoms with Gasteiger partial charge in [0.25, 0.3) is 5.69 Å². The average molecular weight is 299 g/mol. The number of hydrogen-bond acceptors (Lipinski definition) is 5. The van der Waals surface area contributed by atoms with Gasteiger partial charge in [0.15, 0.2) is 0 Å². The van der Waals surface area contributed by atoms with E-state index in [1.54, 1.807) is 6.92 Å². The molecule has 1 aliphatic carbocycles. The molecule has 0 bridgehead atoms. The Labute approximate surface area is 117 Å². The number of nitrogens with two attached hydrogens (primary N) is 1. The molecule has 1 aliphatic rings. The molecule has 2 rings (SSSR count). The molecule has 0 heterocycles. The lowest BCUT2D eigenvalue weighted by Crippen LogP contribution is -2.27. The topological polar surface area (TPSA) is 115 Å². The van der Waals surface area contributed by atoms with Gasteiger partial charge in [-0.1, -0.05) is 6.92 Å². The molecule has 1 aromatic carbocycles. The van der Waals surface area contributed by atoms with Crippen LogP contribution in [0.1, 0.15) is 18.9 Å². The maximum atomic E-state index is 12.2. The molecule has 0 radical (unpaired) electrons. The summed E-state index contributed by atoms with van der Waals surface area (Å²) in [6, 6.07) is 2.33. The minimum Gasteiger partial charge on any atom is -0.393 e. The van der Waals surface area contributed by atoms with Gasteiger partial charge in [0, 0.05) is 12.6 Å². The van der Waals surface area contributed by atoms with E-state index in [1.807, 2.05) is 0 Å². The zero-order valence-corrected chi connectivity index (χ0v) is 12.1. The van der Waals surface area contributed by atoms with Crippen molar-refractivity contribution in [2.45, 2.75) is 25.2 Å². The van der Waals surface area contributed by atoms with E-state index >= 15 is 0 Å². The third-order valence-electron chi connectivity index (χ3n) is 3.62. The SMILES string of the molecule is Cc1cc(N)c([N+](=O)[O-])cc1S(=O)(=O)NCC1CC1C. The van der Waals surface area contributed by atoms with Crippen LogP contribution >= 0.6 is 0 Å². The second-order valence-corrected chi connectivity index (χ2v) is 6.99. The summed E-state index contributed by atoms with van der Waals surface area (Å²) in [6.07, 6.45) is 1.00. The first-order valence-corrected chi connectivity index (χ1v) is 7.75. The summed E-state index contributed by atoms with van der Waals surface area (Å²) in [5.74, 6) is 0.883. The Morgan fingerprint density at radius 1 is 1.50 bits per heavy atom. The van der Waals surface area contributed by atoms with Crippen LogP contribution in [0.25, 0.3) is 0 Å². The van der Waals surface area contributed by atoms with Crippen molar-refractivity contribution in [2.24, 2.45) is 11.8 Å². The number of nitro benzene ring substituents is 1. The lowest BCUT2D eigenvalue weighted by Gasteiger charge is -2.10. The zero-order valence-electron chi connectivity index (χ0n) is 11.3. The molecule has 1 saturated carbocycles. The van der Waals surface area contributed by atoms with Gasteiger partial charge in [-0.05, 0) is 36.8 Å². The van der Waals surface area contributed by atoms with E-state index < -0.39 is 20.6 Å². The van der Waals surface area contributed by atoms with Crippen molar-refractivity contribution < 1.29 is 13.3 Å². The third kappa shape index (κ3) is 2.91. The molecule has 0 spiro atoms. The van der Waals surface area contributed by atoms with Gasteiger partial charge in [-0.25, -0.2) is 13.1 Å². The minimum atomic E-state index is -3.75. The highest BCUT2D eigenvalue weighted by Crippen LogP contribution is 2.37. The standard InChI is InChI=1S/C12H17N3O4S/c1-7-3-9(7)6-14-20(18,19)12-5-11(15(16)17)10(13)4-8(12)2/h4-5,7,9,14H,3,6,13H2,1-2H3. The number of hydrogen-bond donors (Lipinski definition) is 2. The smallest absolute Gasteiger partial charge is 0.293 e. The first kappa shape index (κ1) is 14.7. The van der Waals surface area contributed by atoms with Crippen molar-refractivity contribution in [3.05, 3.63) is 27.8 Å². The molecule has 20 heavy (non-hydrogen) atoms. The molecule has 7 nitrogen and oxygen atoms in total. The van der Waals surface area contributed by atoms with Crippen LogP contribution in [0.2, 0.25) is 0 Å². The predicted octanol–water partition coefficient (Wildman–Crippen LogP) is 1.42. The van der Waals surface area contributed by atoms with E-state index in [0.29, 0.717) is 23.9 Å². The van der Waals surface area contributed by atoms with Gasteiger partial charge >= 0.3 is 0 Å². The minimum absolute atomic E-state index is 0.0396. The highest BCUT2D eigenvalue weighted by molar-refractivity contribution is 7.89. The molecule has 0 saturated heterocycles. The first-order chi connectivity index (χ1) is 9.22. The summed E-state index contributed by atoms with van der Waals surface area (Å²) >= 11 is 0. The van der Waals surface area contributed by atoms with Crippen molar-refractivity contribution in [2.75, 3.05) is 12.3 Å². The highest BCUT2D eigenvalue weighted by Gasteiger charge is 2.34. The summed E-state index contributed by atoms with van der Waals surface area (Å²) in [5, 5.41) is 10.8. The number of rotatable bonds is 5. The lowest BCUT2D eigenvalue weighted by molar-refractivity contribution is -0.384. The van der Waals surface area contributed by atoms with Crippen molar-refractivity contribution in [1.29, 1.82) is 0 Å². The molecule has 8 heteroatoms. The number of nitro groups is 1. The molecule has 0 aromatic heterocycles. The molecule has 2 unspecified atom stereocenters. The molecular formula is C12H17N3O4S. The van der Waals surface area contributed by atoms with Gasteiger partial charge in [0.2, 0.25) is 10.0 Å². The fourth-order valence-electron chi connectivity index (χ4n) is 2.13. The van der Waals surface area contributed by atoms with E-state index in [1.165, 1.54) is 6.07 Å². The Morgan fingerprint density at radius 3 is 2.60 bits per heavy atom. The number of nitrogens with one attached hydrogen (secondary N) is 1. The summed E-state index contributed by atoms with van der Waals surface area (Å²) in [5.41, 5.74) is 5.49. The molecule has 110 valence electrons. The third-order valence-corrected chi connectivity index (χ3v) is 5.19. The molecule has 0 amide bonds. The number of nitrogen functional groups attached to an aromatic ring is 1. The van der Waals surface area contributed by atoms with Crippen LogP contribution in [0.3, 0.4) is 0 Å². The summed E-state index contributed by atoms with van der Waals surface area (Å²) in [6.45, 7) is 3.98. The molecule has 2 atom stereocenters. The van der Waals surface area contributed by atoms with Crippen molar-refractivity contribution in [3.63, 3.8) is 0 Å².